The lowest BCUT2D eigenvalue weighted by Crippen LogP contribution is -2.41. The van der Waals surface area contributed by atoms with Crippen LogP contribution in [0.3, 0.4) is 0 Å². The molecule has 0 heterocycles. The minimum absolute atomic E-state index is 0.928. The van der Waals surface area contributed by atoms with Gasteiger partial charge in [0.25, 0.3) is 0 Å². The molecule has 0 saturated carbocycles. The smallest absolute Gasteiger partial charge is 0.116 e. The molecule has 0 radical (unpaired) electrons. The molecule has 0 spiro atoms. The zero-order valence-electron chi connectivity index (χ0n) is 8.91. The predicted octanol–water partition coefficient (Wildman–Crippen LogP) is 1.66. The second-order valence-electron chi connectivity index (χ2n) is 3.68. The Morgan fingerprint density at radius 2 is 1.45 bits per heavy atom. The van der Waals surface area contributed by atoms with Crippen LogP contribution in [0.25, 0.3) is 0 Å². The van der Waals surface area contributed by atoms with Gasteiger partial charge in [0.2, 0.25) is 0 Å². The molecule has 0 saturated heterocycles. The third-order valence-electron chi connectivity index (χ3n) is 0.905. The third kappa shape index (κ3) is 25.4. The fourth-order valence-corrected chi connectivity index (χ4v) is 1.50. The second kappa shape index (κ2) is 8.24. The molecule has 0 aliphatic heterocycles. The summed E-state index contributed by atoms with van der Waals surface area (Å²) in [7, 11) is 2.82. The summed E-state index contributed by atoms with van der Waals surface area (Å²) in [6, 6.07) is 0. The van der Waals surface area contributed by atoms with Gasteiger partial charge in [-0.1, -0.05) is 26.6 Å². The number of rotatable bonds is 3. The molecule has 2 nitrogen and oxygen atoms in total. The summed E-state index contributed by atoms with van der Waals surface area (Å²) < 4.78 is 0. The Balaban J connectivity index is 0. The van der Waals surface area contributed by atoms with Gasteiger partial charge in [0.05, 0.1) is 0 Å². The molecule has 70 valence electrons. The predicted molar refractivity (Wildman–Crippen MR) is 56.6 cm³/mol. The lowest BCUT2D eigenvalue weighted by Gasteiger charge is -2.16. The molecule has 0 amide bonds. The highest BCUT2D eigenvalue weighted by Gasteiger charge is 2.09. The van der Waals surface area contributed by atoms with Crippen LogP contribution in [0.4, 0.5) is 0 Å². The number of hydrogen-bond acceptors (Lipinski definition) is 2. The molecule has 0 rings (SSSR count). The van der Waals surface area contributed by atoms with Crippen LogP contribution in [-0.4, -0.2) is 28.9 Å². The van der Waals surface area contributed by atoms with E-state index in [9.17, 15) is 0 Å². The zero-order chi connectivity index (χ0) is 9.33. The minimum atomic E-state index is -0.928. The van der Waals surface area contributed by atoms with Crippen molar-refractivity contribution in [3.05, 3.63) is 0 Å². The molecule has 0 aliphatic carbocycles. The Bertz CT molecular complexity index is 69.0. The van der Waals surface area contributed by atoms with Crippen molar-refractivity contribution in [3.8, 4) is 0 Å². The zero-order valence-corrected chi connectivity index (χ0v) is 9.91. The number of hydrogen-bond donors (Lipinski definition) is 2. The van der Waals surface area contributed by atoms with Crippen LogP contribution in [0.1, 0.15) is 13.3 Å². The van der Waals surface area contributed by atoms with E-state index in [4.69, 9.17) is 0 Å². The second-order valence-corrected chi connectivity index (χ2v) is 8.53. The maximum Gasteiger partial charge on any atom is 0.116 e. The standard InChI is InChI=1S/C6H17NSi.C2H7N/c1-5-6-7-8(2,3)4;1-3-2/h7H,5-6H2,1-4H3;3H,1-2H3. The summed E-state index contributed by atoms with van der Waals surface area (Å²) >= 11 is 0. The Kier molecular flexibility index (Phi) is 10.3. The maximum absolute atomic E-state index is 3.51. The summed E-state index contributed by atoms with van der Waals surface area (Å²) in [5.74, 6) is 0. The van der Waals surface area contributed by atoms with Gasteiger partial charge in [-0.2, -0.15) is 0 Å². The molecule has 11 heavy (non-hydrogen) atoms. The van der Waals surface area contributed by atoms with E-state index < -0.39 is 8.24 Å². The molecule has 0 aromatic heterocycles. The molecule has 0 fully saturated rings. The normalized spacial score (nSPS) is 10.4. The average Bonchev–Trinajstić information content (AvgIpc) is 1.84. The molecule has 0 bridgehead atoms. The van der Waals surface area contributed by atoms with E-state index >= 15 is 0 Å². The highest BCUT2D eigenvalue weighted by atomic mass is 28.3. The lowest BCUT2D eigenvalue weighted by molar-refractivity contribution is 0.841. The van der Waals surface area contributed by atoms with Gasteiger partial charge in [0.1, 0.15) is 8.24 Å². The van der Waals surface area contributed by atoms with Crippen molar-refractivity contribution in [1.82, 2.24) is 10.3 Å². The van der Waals surface area contributed by atoms with Crippen molar-refractivity contribution in [2.75, 3.05) is 20.6 Å². The van der Waals surface area contributed by atoms with Crippen molar-refractivity contribution >= 4 is 8.24 Å². The van der Waals surface area contributed by atoms with Crippen LogP contribution < -0.4 is 10.3 Å². The molecular formula is C8H24N2Si. The van der Waals surface area contributed by atoms with E-state index in [1.165, 1.54) is 13.0 Å². The first-order chi connectivity index (χ1) is 4.97. The van der Waals surface area contributed by atoms with Crippen LogP contribution in [0.15, 0.2) is 0 Å². The molecule has 2 N–H and O–H groups in total. The van der Waals surface area contributed by atoms with Gasteiger partial charge in [-0.15, -0.1) is 0 Å². The van der Waals surface area contributed by atoms with Gasteiger partial charge in [-0.3, -0.25) is 0 Å². The van der Waals surface area contributed by atoms with Gasteiger partial charge < -0.3 is 10.3 Å². The van der Waals surface area contributed by atoms with Crippen molar-refractivity contribution in [3.63, 3.8) is 0 Å². The summed E-state index contributed by atoms with van der Waals surface area (Å²) in [5.41, 5.74) is 0. The van der Waals surface area contributed by atoms with E-state index in [2.05, 4.69) is 36.9 Å². The summed E-state index contributed by atoms with van der Waals surface area (Å²) in [6.45, 7) is 10.4. The number of nitrogens with one attached hydrogen (secondary N) is 2. The summed E-state index contributed by atoms with van der Waals surface area (Å²) in [6.07, 6.45) is 1.25. The van der Waals surface area contributed by atoms with Crippen LogP contribution in [0, 0.1) is 0 Å². The van der Waals surface area contributed by atoms with Crippen LogP contribution in [0.2, 0.25) is 19.6 Å². The minimum Gasteiger partial charge on any atom is -0.337 e. The van der Waals surface area contributed by atoms with E-state index in [1.807, 2.05) is 14.1 Å². The molecule has 0 unspecified atom stereocenters. The Labute approximate surface area is 72.9 Å². The van der Waals surface area contributed by atoms with E-state index in [-0.39, 0.29) is 0 Å². The van der Waals surface area contributed by atoms with Gasteiger partial charge >= 0.3 is 0 Å². The monoisotopic (exact) mass is 176 g/mol. The summed E-state index contributed by atoms with van der Waals surface area (Å²) in [5, 5.41) is 2.75. The lowest BCUT2D eigenvalue weighted by atomic mass is 10.5. The van der Waals surface area contributed by atoms with Gasteiger partial charge in [0.15, 0.2) is 0 Å². The Hall–Kier alpha value is 0.137. The highest BCUT2D eigenvalue weighted by molar-refractivity contribution is 6.73. The van der Waals surface area contributed by atoms with Crippen molar-refractivity contribution < 1.29 is 0 Å². The molecule has 0 atom stereocenters. The quantitative estimate of drug-likeness (QED) is 0.639. The van der Waals surface area contributed by atoms with E-state index in [0.29, 0.717) is 0 Å². The van der Waals surface area contributed by atoms with Crippen molar-refractivity contribution in [2.45, 2.75) is 33.0 Å². The fourth-order valence-electron chi connectivity index (χ4n) is 0.500. The highest BCUT2D eigenvalue weighted by Crippen LogP contribution is 1.92. The Morgan fingerprint density at radius 1 is 1.09 bits per heavy atom. The maximum atomic E-state index is 3.51. The average molecular weight is 176 g/mol. The first-order valence-electron chi connectivity index (χ1n) is 4.31. The van der Waals surface area contributed by atoms with Gasteiger partial charge in [-0.05, 0) is 27.1 Å². The molecule has 3 heteroatoms. The SMILES string of the molecule is CCCN[Si](C)(C)C.CNC. The largest absolute Gasteiger partial charge is 0.337 e. The van der Waals surface area contributed by atoms with Crippen molar-refractivity contribution in [1.29, 1.82) is 0 Å². The first-order valence-corrected chi connectivity index (χ1v) is 7.81. The Morgan fingerprint density at radius 3 is 1.55 bits per heavy atom. The summed E-state index contributed by atoms with van der Waals surface area (Å²) in [4.78, 5) is 3.51. The fraction of sp³-hybridized carbons (Fsp3) is 1.00. The van der Waals surface area contributed by atoms with Crippen molar-refractivity contribution in [2.24, 2.45) is 0 Å². The topological polar surface area (TPSA) is 24.1 Å². The van der Waals surface area contributed by atoms with E-state index in [0.717, 1.165) is 0 Å². The molecule has 0 aromatic carbocycles. The molecular weight excluding hydrogens is 152 g/mol. The van der Waals surface area contributed by atoms with Crippen LogP contribution in [0.5, 0.6) is 0 Å². The first kappa shape index (κ1) is 13.7. The molecule has 0 aromatic rings. The van der Waals surface area contributed by atoms with E-state index in [1.54, 1.807) is 0 Å². The van der Waals surface area contributed by atoms with Crippen LogP contribution >= 0.6 is 0 Å². The van der Waals surface area contributed by atoms with Gasteiger partial charge in [-0.25, -0.2) is 0 Å². The third-order valence-corrected chi connectivity index (χ3v) is 2.22. The van der Waals surface area contributed by atoms with Gasteiger partial charge in [0, 0.05) is 0 Å². The molecule has 0 aliphatic rings. The van der Waals surface area contributed by atoms with Crippen LogP contribution in [-0.2, 0) is 0 Å².